The molecule has 0 saturated carbocycles. The van der Waals surface area contributed by atoms with Gasteiger partial charge in [-0.2, -0.15) is 5.26 Å². The molecule has 0 N–H and O–H groups in total. The van der Waals surface area contributed by atoms with E-state index in [0.717, 1.165) is 58.9 Å². The molecular weight excluding hydrogens is 421 g/mol. The van der Waals surface area contributed by atoms with Crippen molar-refractivity contribution in [1.29, 1.82) is 5.26 Å². The number of anilines is 1. The number of aromatic nitrogens is 2. The molecule has 0 bridgehead atoms. The monoisotopic (exact) mass is 443 g/mol. The zero-order valence-corrected chi connectivity index (χ0v) is 18.5. The fourth-order valence-corrected chi connectivity index (χ4v) is 5.16. The summed E-state index contributed by atoms with van der Waals surface area (Å²) in [5.74, 6) is 0.657. The smallest absolute Gasteiger partial charge is 0.141 e. The molecule has 1 aliphatic heterocycles. The lowest BCUT2D eigenvalue weighted by Crippen LogP contribution is -2.47. The molecule has 0 aliphatic carbocycles. The Bertz CT molecular complexity index is 1270. The van der Waals surface area contributed by atoms with Crippen LogP contribution in [0.15, 0.2) is 60.2 Å². The number of rotatable bonds is 4. The molecule has 0 amide bonds. The number of nitriles is 1. The van der Waals surface area contributed by atoms with Crippen LogP contribution < -0.4 is 4.90 Å². The molecule has 0 unspecified atom stereocenters. The Balaban J connectivity index is 1.40. The summed E-state index contributed by atoms with van der Waals surface area (Å²) >= 11 is 1.64. The van der Waals surface area contributed by atoms with Gasteiger partial charge in [0, 0.05) is 37.1 Å². The van der Waals surface area contributed by atoms with Crippen LogP contribution >= 0.6 is 11.3 Å². The van der Waals surface area contributed by atoms with Crippen LogP contribution in [0.2, 0.25) is 0 Å². The zero-order valence-electron chi connectivity index (χ0n) is 17.7. The van der Waals surface area contributed by atoms with Crippen LogP contribution in [-0.4, -0.2) is 41.0 Å². The average molecular weight is 444 g/mol. The Labute approximate surface area is 190 Å². The molecular formula is C25H22FN5S. The first kappa shape index (κ1) is 20.6. The molecule has 160 valence electrons. The fraction of sp³-hybridized carbons (Fsp3) is 0.240. The van der Waals surface area contributed by atoms with Crippen molar-refractivity contribution in [3.8, 4) is 17.2 Å². The second-order valence-electron chi connectivity index (χ2n) is 8.00. The van der Waals surface area contributed by atoms with E-state index in [2.05, 4.69) is 62.4 Å². The predicted molar refractivity (Wildman–Crippen MR) is 126 cm³/mol. The summed E-state index contributed by atoms with van der Waals surface area (Å²) in [7, 11) is 0. The van der Waals surface area contributed by atoms with Crippen molar-refractivity contribution < 1.29 is 4.39 Å². The van der Waals surface area contributed by atoms with E-state index in [0.29, 0.717) is 0 Å². The Hall–Kier alpha value is -3.34. The fourth-order valence-electron chi connectivity index (χ4n) is 4.25. The molecule has 32 heavy (non-hydrogen) atoms. The van der Waals surface area contributed by atoms with Crippen LogP contribution in [0, 0.1) is 24.1 Å². The van der Waals surface area contributed by atoms with Crippen LogP contribution in [0.1, 0.15) is 17.2 Å². The number of aryl methyl sites for hydroxylation is 1. The Morgan fingerprint density at radius 1 is 1.00 bits per heavy atom. The van der Waals surface area contributed by atoms with Crippen LogP contribution in [0.5, 0.6) is 0 Å². The van der Waals surface area contributed by atoms with Crippen molar-refractivity contribution in [2.45, 2.75) is 13.0 Å². The van der Waals surface area contributed by atoms with E-state index in [-0.39, 0.29) is 11.9 Å². The van der Waals surface area contributed by atoms with E-state index in [1.807, 2.05) is 0 Å². The molecule has 3 heterocycles. The van der Waals surface area contributed by atoms with Crippen LogP contribution in [-0.2, 0) is 0 Å². The summed E-state index contributed by atoms with van der Waals surface area (Å²) in [5, 5.41) is 13.0. The third-order valence-corrected chi connectivity index (χ3v) is 6.89. The molecule has 0 radical (unpaired) electrons. The maximum Gasteiger partial charge on any atom is 0.141 e. The molecule has 4 aromatic rings. The molecule has 2 aromatic carbocycles. The van der Waals surface area contributed by atoms with Gasteiger partial charge in [0.1, 0.15) is 28.8 Å². The number of thiophene rings is 1. The summed E-state index contributed by atoms with van der Waals surface area (Å²) in [5.41, 5.74) is 4.38. The number of hydrogen-bond acceptors (Lipinski definition) is 6. The summed E-state index contributed by atoms with van der Waals surface area (Å²) in [6, 6.07) is 16.8. The first-order chi connectivity index (χ1) is 15.6. The van der Waals surface area contributed by atoms with Crippen molar-refractivity contribution in [2.24, 2.45) is 0 Å². The first-order valence-corrected chi connectivity index (χ1v) is 11.5. The van der Waals surface area contributed by atoms with Crippen molar-refractivity contribution in [3.05, 3.63) is 77.2 Å². The van der Waals surface area contributed by atoms with Gasteiger partial charge in [-0.25, -0.2) is 14.4 Å². The van der Waals surface area contributed by atoms with Gasteiger partial charge in [-0.3, -0.25) is 4.90 Å². The van der Waals surface area contributed by atoms with Gasteiger partial charge >= 0.3 is 0 Å². The maximum absolute atomic E-state index is 13.3. The third kappa shape index (κ3) is 3.83. The highest BCUT2D eigenvalue weighted by atomic mass is 32.1. The molecule has 1 saturated heterocycles. The van der Waals surface area contributed by atoms with E-state index in [1.165, 1.54) is 17.7 Å². The van der Waals surface area contributed by atoms with Gasteiger partial charge in [0.15, 0.2) is 0 Å². The first-order valence-electron chi connectivity index (χ1n) is 10.6. The molecule has 0 spiro atoms. The lowest BCUT2D eigenvalue weighted by molar-refractivity contribution is 0.222. The van der Waals surface area contributed by atoms with Gasteiger partial charge in [-0.15, -0.1) is 11.3 Å². The summed E-state index contributed by atoms with van der Waals surface area (Å²) in [6.45, 7) is 5.06. The van der Waals surface area contributed by atoms with Crippen LogP contribution in [0.25, 0.3) is 21.3 Å². The molecule has 1 fully saturated rings. The second-order valence-corrected chi connectivity index (χ2v) is 8.86. The van der Waals surface area contributed by atoms with Gasteiger partial charge < -0.3 is 4.90 Å². The van der Waals surface area contributed by atoms with Crippen molar-refractivity contribution >= 4 is 27.4 Å². The number of halogens is 1. The van der Waals surface area contributed by atoms with E-state index in [4.69, 9.17) is 0 Å². The van der Waals surface area contributed by atoms with E-state index >= 15 is 0 Å². The normalized spacial score (nSPS) is 15.6. The molecule has 5 nitrogen and oxygen atoms in total. The van der Waals surface area contributed by atoms with E-state index in [1.54, 1.807) is 29.8 Å². The number of nitrogens with zero attached hydrogens (tertiary/aromatic N) is 5. The minimum Gasteiger partial charge on any atom is -0.353 e. The highest BCUT2D eigenvalue weighted by Crippen LogP contribution is 2.38. The van der Waals surface area contributed by atoms with Crippen molar-refractivity contribution in [3.63, 3.8) is 0 Å². The highest BCUT2D eigenvalue weighted by Gasteiger charge is 2.27. The number of fused-ring (bicyclic) bond motifs is 1. The summed E-state index contributed by atoms with van der Waals surface area (Å²) in [6.07, 6.45) is 1.63. The third-order valence-electron chi connectivity index (χ3n) is 6.00. The maximum atomic E-state index is 13.3. The average Bonchev–Trinajstić information content (AvgIpc) is 3.26. The predicted octanol–water partition coefficient (Wildman–Crippen LogP) is 5.19. The van der Waals surface area contributed by atoms with Gasteiger partial charge in [0.2, 0.25) is 0 Å². The Morgan fingerprint density at radius 3 is 2.41 bits per heavy atom. The van der Waals surface area contributed by atoms with E-state index in [9.17, 15) is 9.65 Å². The molecule has 7 heteroatoms. The number of benzene rings is 2. The number of hydrogen-bond donors (Lipinski definition) is 0. The summed E-state index contributed by atoms with van der Waals surface area (Å²) < 4.78 is 13.3. The Morgan fingerprint density at radius 2 is 1.72 bits per heavy atom. The van der Waals surface area contributed by atoms with Gasteiger partial charge in [-0.1, -0.05) is 42.0 Å². The topological polar surface area (TPSA) is 56.1 Å². The zero-order chi connectivity index (χ0) is 22.1. The van der Waals surface area contributed by atoms with Crippen molar-refractivity contribution in [1.82, 2.24) is 14.9 Å². The van der Waals surface area contributed by atoms with Crippen molar-refractivity contribution in [2.75, 3.05) is 31.1 Å². The standard InChI is InChI=1S/C25H22FN5S/c1-17-2-4-18(5-3-17)21-15-32-25-23(21)24(28-16-29-25)31-12-10-30(11-13-31)22(14-27)19-6-8-20(26)9-7-19/h2-9,15-16,22H,10-13H2,1H3/t22-/m0/s1. The van der Waals surface area contributed by atoms with Gasteiger partial charge in [-0.05, 0) is 30.2 Å². The van der Waals surface area contributed by atoms with Gasteiger partial charge in [0.25, 0.3) is 0 Å². The quantitative estimate of drug-likeness (QED) is 0.434. The lowest BCUT2D eigenvalue weighted by Gasteiger charge is -2.37. The minimum atomic E-state index is -0.382. The summed E-state index contributed by atoms with van der Waals surface area (Å²) in [4.78, 5) is 14.6. The molecule has 1 atom stereocenters. The molecule has 2 aromatic heterocycles. The molecule has 1 aliphatic rings. The highest BCUT2D eigenvalue weighted by molar-refractivity contribution is 7.17. The lowest BCUT2D eigenvalue weighted by atomic mass is 10.0. The van der Waals surface area contributed by atoms with Gasteiger partial charge in [0.05, 0.1) is 11.5 Å². The van der Waals surface area contributed by atoms with Crippen LogP contribution in [0.4, 0.5) is 10.2 Å². The SMILES string of the molecule is Cc1ccc(-c2csc3ncnc(N4CCN([C@@H](C#N)c5ccc(F)cc5)CC4)c23)cc1. The van der Waals surface area contributed by atoms with Crippen LogP contribution in [0.3, 0.4) is 0 Å². The minimum absolute atomic E-state index is 0.289. The number of piperazine rings is 1. The van der Waals surface area contributed by atoms with E-state index < -0.39 is 0 Å². The largest absolute Gasteiger partial charge is 0.353 e. The second kappa shape index (κ2) is 8.65. The molecule has 5 rings (SSSR count). The Kier molecular flexibility index (Phi) is 5.56.